The van der Waals surface area contributed by atoms with Crippen molar-refractivity contribution in [3.8, 4) is 16.8 Å². The second-order valence-electron chi connectivity index (χ2n) is 9.40. The molecule has 2 N–H and O–H groups in total. The highest BCUT2D eigenvalue weighted by atomic mass is 32.2. The minimum absolute atomic E-state index is 0.0823. The summed E-state index contributed by atoms with van der Waals surface area (Å²) in [5, 5.41) is 10.8. The standard InChI is InChI=1S/C31H35N5O2S/c1-5-6-20-35(31(38)32-25-14-18-27(39-4)19-15-25)21-28(37)33-30-29(24-10-8-7-9-11-24)23(3)34-36(30)26-16-12-22(2)13-17-26/h7-19H,5-6,20-21H2,1-4H3,(H,32,38)(H,33,37). The number of aryl methyl sites for hydroxylation is 2. The van der Waals surface area contributed by atoms with Crippen LogP contribution >= 0.6 is 11.8 Å². The Kier molecular flexibility index (Phi) is 9.44. The van der Waals surface area contributed by atoms with Crippen LogP contribution in [0, 0.1) is 13.8 Å². The number of hydrogen-bond donors (Lipinski definition) is 2. The van der Waals surface area contributed by atoms with E-state index >= 15 is 0 Å². The lowest BCUT2D eigenvalue weighted by atomic mass is 10.1. The Hall–Kier alpha value is -4.04. The summed E-state index contributed by atoms with van der Waals surface area (Å²) in [5.41, 5.74) is 5.28. The largest absolute Gasteiger partial charge is 0.322 e. The number of rotatable bonds is 10. The van der Waals surface area contributed by atoms with E-state index in [0.717, 1.165) is 45.8 Å². The van der Waals surface area contributed by atoms with Crippen molar-refractivity contribution in [3.05, 3.63) is 90.1 Å². The second kappa shape index (κ2) is 13.2. The van der Waals surface area contributed by atoms with Gasteiger partial charge < -0.3 is 15.5 Å². The van der Waals surface area contributed by atoms with Gasteiger partial charge >= 0.3 is 6.03 Å². The molecule has 0 atom stereocenters. The number of nitrogens with one attached hydrogen (secondary N) is 2. The van der Waals surface area contributed by atoms with Crippen LogP contribution in [0.3, 0.4) is 0 Å². The molecule has 3 aromatic carbocycles. The van der Waals surface area contributed by atoms with E-state index in [0.29, 0.717) is 18.1 Å². The van der Waals surface area contributed by atoms with E-state index < -0.39 is 0 Å². The molecule has 7 nitrogen and oxygen atoms in total. The van der Waals surface area contributed by atoms with Gasteiger partial charge in [-0.3, -0.25) is 4.79 Å². The van der Waals surface area contributed by atoms with E-state index in [4.69, 9.17) is 5.10 Å². The number of unbranched alkanes of at least 4 members (excludes halogenated alkanes) is 1. The van der Waals surface area contributed by atoms with Crippen LogP contribution in [0.25, 0.3) is 16.8 Å². The summed E-state index contributed by atoms with van der Waals surface area (Å²) in [6, 6.07) is 25.3. The van der Waals surface area contributed by atoms with Gasteiger partial charge in [-0.25, -0.2) is 9.48 Å². The van der Waals surface area contributed by atoms with Gasteiger partial charge in [-0.15, -0.1) is 11.8 Å². The van der Waals surface area contributed by atoms with Crippen molar-refractivity contribution < 1.29 is 9.59 Å². The Morgan fingerprint density at radius 1 is 0.923 bits per heavy atom. The lowest BCUT2D eigenvalue weighted by molar-refractivity contribution is -0.116. The number of hydrogen-bond acceptors (Lipinski definition) is 4. The fourth-order valence-electron chi connectivity index (χ4n) is 4.29. The van der Waals surface area contributed by atoms with Crippen molar-refractivity contribution in [1.29, 1.82) is 0 Å². The minimum atomic E-state index is -0.304. The van der Waals surface area contributed by atoms with Crippen molar-refractivity contribution >= 4 is 35.2 Å². The number of urea groups is 1. The normalized spacial score (nSPS) is 10.8. The van der Waals surface area contributed by atoms with Crippen LogP contribution < -0.4 is 10.6 Å². The quantitative estimate of drug-likeness (QED) is 0.209. The zero-order chi connectivity index (χ0) is 27.8. The zero-order valence-corrected chi connectivity index (χ0v) is 23.7. The molecule has 0 fully saturated rings. The van der Waals surface area contributed by atoms with E-state index in [1.54, 1.807) is 21.3 Å². The maximum Gasteiger partial charge on any atom is 0.322 e. The Balaban J connectivity index is 1.60. The van der Waals surface area contributed by atoms with E-state index in [9.17, 15) is 9.59 Å². The number of thioether (sulfide) groups is 1. The molecule has 0 bridgehead atoms. The lowest BCUT2D eigenvalue weighted by Gasteiger charge is -2.23. The molecule has 1 heterocycles. The topological polar surface area (TPSA) is 79.3 Å². The molecule has 1 aromatic heterocycles. The maximum atomic E-state index is 13.5. The van der Waals surface area contributed by atoms with Crippen molar-refractivity contribution in [1.82, 2.24) is 14.7 Å². The van der Waals surface area contributed by atoms with E-state index in [1.807, 2.05) is 99.0 Å². The Bertz CT molecular complexity index is 1400. The fraction of sp³-hybridized carbons (Fsp3) is 0.258. The molecule has 3 amide bonds. The summed E-state index contributed by atoms with van der Waals surface area (Å²) in [6.45, 7) is 6.42. The molecule has 39 heavy (non-hydrogen) atoms. The molecule has 0 aliphatic heterocycles. The van der Waals surface area contributed by atoms with Crippen molar-refractivity contribution in [2.45, 2.75) is 38.5 Å². The van der Waals surface area contributed by atoms with Crippen molar-refractivity contribution in [2.24, 2.45) is 0 Å². The Labute approximate surface area is 234 Å². The van der Waals surface area contributed by atoms with Crippen LogP contribution in [-0.4, -0.2) is 46.0 Å². The number of anilines is 2. The number of amides is 3. The summed E-state index contributed by atoms with van der Waals surface area (Å²) in [6.07, 6.45) is 3.71. The predicted octanol–water partition coefficient (Wildman–Crippen LogP) is 7.15. The number of benzene rings is 3. The van der Waals surface area contributed by atoms with Gasteiger partial charge in [-0.2, -0.15) is 5.10 Å². The SMILES string of the molecule is CCCCN(CC(=O)Nc1c(-c2ccccc2)c(C)nn1-c1ccc(C)cc1)C(=O)Nc1ccc(SC)cc1. The number of carbonyl (C=O) groups excluding carboxylic acids is 2. The van der Waals surface area contributed by atoms with Crippen molar-refractivity contribution in [3.63, 3.8) is 0 Å². The molecule has 0 saturated heterocycles. The lowest BCUT2D eigenvalue weighted by Crippen LogP contribution is -2.41. The summed E-state index contributed by atoms with van der Waals surface area (Å²) in [5.74, 6) is 0.292. The molecular formula is C31H35N5O2S. The van der Waals surface area contributed by atoms with Crippen LogP contribution in [0.15, 0.2) is 83.8 Å². The summed E-state index contributed by atoms with van der Waals surface area (Å²) < 4.78 is 1.76. The first-order valence-electron chi connectivity index (χ1n) is 13.1. The molecule has 0 radical (unpaired) electrons. The van der Waals surface area contributed by atoms with E-state index in [-0.39, 0.29) is 18.5 Å². The van der Waals surface area contributed by atoms with E-state index in [2.05, 4.69) is 17.6 Å². The van der Waals surface area contributed by atoms with Crippen LogP contribution in [0.1, 0.15) is 31.0 Å². The molecular weight excluding hydrogens is 506 g/mol. The summed E-state index contributed by atoms with van der Waals surface area (Å²) in [7, 11) is 0. The predicted molar refractivity (Wildman–Crippen MR) is 161 cm³/mol. The van der Waals surface area contributed by atoms with Gasteiger partial charge in [0.2, 0.25) is 5.91 Å². The van der Waals surface area contributed by atoms with Gasteiger partial charge in [0.1, 0.15) is 12.4 Å². The monoisotopic (exact) mass is 541 g/mol. The zero-order valence-electron chi connectivity index (χ0n) is 22.9. The number of nitrogens with zero attached hydrogens (tertiary/aromatic N) is 3. The van der Waals surface area contributed by atoms with Crippen LogP contribution in [0.5, 0.6) is 0 Å². The average Bonchev–Trinajstić information content (AvgIpc) is 3.27. The molecule has 0 aliphatic carbocycles. The average molecular weight is 542 g/mol. The molecule has 0 saturated carbocycles. The highest BCUT2D eigenvalue weighted by Crippen LogP contribution is 2.33. The highest BCUT2D eigenvalue weighted by molar-refractivity contribution is 7.98. The van der Waals surface area contributed by atoms with Crippen LogP contribution in [0.4, 0.5) is 16.3 Å². The summed E-state index contributed by atoms with van der Waals surface area (Å²) in [4.78, 5) is 29.3. The molecule has 0 unspecified atom stereocenters. The molecule has 0 spiro atoms. The third kappa shape index (κ3) is 7.09. The van der Waals surface area contributed by atoms with Gasteiger partial charge in [0.15, 0.2) is 0 Å². The van der Waals surface area contributed by atoms with Gasteiger partial charge in [0.05, 0.1) is 11.4 Å². The van der Waals surface area contributed by atoms with Crippen molar-refractivity contribution in [2.75, 3.05) is 30.0 Å². The smallest absolute Gasteiger partial charge is 0.315 e. The molecule has 4 rings (SSSR count). The first-order chi connectivity index (χ1) is 18.9. The van der Waals surface area contributed by atoms with E-state index in [1.165, 1.54) is 0 Å². The first kappa shape index (κ1) is 28.0. The number of aromatic nitrogens is 2. The fourth-order valence-corrected chi connectivity index (χ4v) is 4.70. The Morgan fingerprint density at radius 2 is 1.62 bits per heavy atom. The Morgan fingerprint density at radius 3 is 2.26 bits per heavy atom. The maximum absolute atomic E-state index is 13.5. The number of carbonyl (C=O) groups is 2. The third-order valence-corrected chi connectivity index (χ3v) is 7.15. The van der Waals surface area contributed by atoms with Crippen LogP contribution in [-0.2, 0) is 4.79 Å². The first-order valence-corrected chi connectivity index (χ1v) is 14.3. The van der Waals surface area contributed by atoms with Gasteiger partial charge in [-0.05, 0) is 68.5 Å². The van der Waals surface area contributed by atoms with Gasteiger partial charge in [0, 0.05) is 22.7 Å². The molecule has 0 aliphatic rings. The molecule has 4 aromatic rings. The minimum Gasteiger partial charge on any atom is -0.315 e. The van der Waals surface area contributed by atoms with Gasteiger partial charge in [0.25, 0.3) is 0 Å². The molecule has 8 heteroatoms. The highest BCUT2D eigenvalue weighted by Gasteiger charge is 2.23. The van der Waals surface area contributed by atoms with Crippen LogP contribution in [0.2, 0.25) is 0 Å². The second-order valence-corrected chi connectivity index (χ2v) is 10.3. The third-order valence-electron chi connectivity index (χ3n) is 6.40. The molecule has 202 valence electrons. The summed E-state index contributed by atoms with van der Waals surface area (Å²) >= 11 is 1.64. The van der Waals surface area contributed by atoms with Gasteiger partial charge in [-0.1, -0.05) is 61.4 Å².